The molecular formula is C14H23N. The maximum absolute atomic E-state index is 3.61. The first kappa shape index (κ1) is 12.1. The van der Waals surface area contributed by atoms with Crippen LogP contribution < -0.4 is 5.32 Å². The van der Waals surface area contributed by atoms with E-state index in [9.17, 15) is 0 Å². The predicted octanol–water partition coefficient (Wildman–Crippen LogP) is 4.15. The van der Waals surface area contributed by atoms with Crippen LogP contribution in [0.4, 0.5) is 5.69 Å². The zero-order chi connectivity index (χ0) is 11.4. The molecule has 0 spiro atoms. The molecule has 0 bridgehead atoms. The average molecular weight is 205 g/mol. The van der Waals surface area contributed by atoms with Crippen LogP contribution in [0.1, 0.15) is 38.3 Å². The van der Waals surface area contributed by atoms with Crippen molar-refractivity contribution >= 4 is 5.69 Å². The van der Waals surface area contributed by atoms with Gasteiger partial charge >= 0.3 is 0 Å². The predicted molar refractivity (Wildman–Crippen MR) is 68.5 cm³/mol. The number of nitrogens with one attached hydrogen (secondary N) is 1. The van der Waals surface area contributed by atoms with Crippen molar-refractivity contribution in [2.24, 2.45) is 5.92 Å². The monoisotopic (exact) mass is 205 g/mol. The van der Waals surface area contributed by atoms with Gasteiger partial charge in [-0.05, 0) is 44.2 Å². The van der Waals surface area contributed by atoms with Crippen LogP contribution in [-0.4, -0.2) is 6.04 Å². The summed E-state index contributed by atoms with van der Waals surface area (Å²) >= 11 is 0. The minimum atomic E-state index is 0.546. The van der Waals surface area contributed by atoms with Gasteiger partial charge in [0.05, 0.1) is 0 Å². The summed E-state index contributed by atoms with van der Waals surface area (Å²) in [6.07, 6.45) is 1.22. The van der Waals surface area contributed by atoms with E-state index >= 15 is 0 Å². The van der Waals surface area contributed by atoms with Gasteiger partial charge in [0.25, 0.3) is 0 Å². The van der Waals surface area contributed by atoms with Gasteiger partial charge in [0.1, 0.15) is 0 Å². The molecule has 0 radical (unpaired) electrons. The lowest BCUT2D eigenvalue weighted by molar-refractivity contribution is 0.539. The number of aryl methyl sites for hydroxylation is 2. The molecule has 0 saturated carbocycles. The molecule has 84 valence electrons. The molecule has 0 aliphatic rings. The van der Waals surface area contributed by atoms with Crippen LogP contribution in [-0.2, 0) is 0 Å². The maximum Gasteiger partial charge on any atom is 0.0401 e. The molecule has 0 heterocycles. The van der Waals surface area contributed by atoms with Crippen molar-refractivity contribution in [1.29, 1.82) is 0 Å². The first-order valence-corrected chi connectivity index (χ1v) is 5.83. The summed E-state index contributed by atoms with van der Waals surface area (Å²) in [7, 11) is 0. The quantitative estimate of drug-likeness (QED) is 0.778. The van der Waals surface area contributed by atoms with Gasteiger partial charge in [0, 0.05) is 11.7 Å². The van der Waals surface area contributed by atoms with Crippen LogP contribution in [0.15, 0.2) is 18.2 Å². The molecule has 1 aromatic carbocycles. The van der Waals surface area contributed by atoms with Crippen LogP contribution in [0.3, 0.4) is 0 Å². The van der Waals surface area contributed by atoms with E-state index in [4.69, 9.17) is 0 Å². The molecule has 1 N–H and O–H groups in total. The van der Waals surface area contributed by atoms with Crippen LogP contribution in [0.5, 0.6) is 0 Å². The van der Waals surface area contributed by atoms with Gasteiger partial charge in [-0.25, -0.2) is 0 Å². The summed E-state index contributed by atoms with van der Waals surface area (Å²) in [5.41, 5.74) is 3.99. The standard InChI is InChI=1S/C14H23N/c1-10(2)9-13(5)15-14-11(3)7-6-8-12(14)4/h6-8,10,13,15H,9H2,1-5H3. The summed E-state index contributed by atoms with van der Waals surface area (Å²) in [5, 5.41) is 3.61. The van der Waals surface area contributed by atoms with Gasteiger partial charge in [0.2, 0.25) is 0 Å². The third kappa shape index (κ3) is 3.58. The van der Waals surface area contributed by atoms with Crippen molar-refractivity contribution < 1.29 is 0 Å². The molecule has 1 heteroatoms. The lowest BCUT2D eigenvalue weighted by atomic mass is 10.0. The molecule has 0 aliphatic heterocycles. The highest BCUT2D eigenvalue weighted by atomic mass is 14.9. The Morgan fingerprint density at radius 3 is 2.07 bits per heavy atom. The third-order valence-electron chi connectivity index (χ3n) is 2.70. The zero-order valence-electron chi connectivity index (χ0n) is 10.6. The largest absolute Gasteiger partial charge is 0.382 e. The molecule has 15 heavy (non-hydrogen) atoms. The Labute approximate surface area is 93.9 Å². The Morgan fingerprint density at radius 1 is 1.07 bits per heavy atom. The lowest BCUT2D eigenvalue weighted by Crippen LogP contribution is -2.18. The molecule has 0 saturated heterocycles. The van der Waals surface area contributed by atoms with E-state index in [1.165, 1.54) is 23.2 Å². The van der Waals surface area contributed by atoms with E-state index in [-0.39, 0.29) is 0 Å². The Bertz CT molecular complexity index is 295. The fourth-order valence-electron chi connectivity index (χ4n) is 2.05. The van der Waals surface area contributed by atoms with Crippen molar-refractivity contribution in [3.8, 4) is 0 Å². The van der Waals surface area contributed by atoms with Gasteiger partial charge in [-0.15, -0.1) is 0 Å². The SMILES string of the molecule is Cc1cccc(C)c1NC(C)CC(C)C. The smallest absolute Gasteiger partial charge is 0.0401 e. The van der Waals surface area contributed by atoms with Crippen molar-refractivity contribution in [1.82, 2.24) is 0 Å². The molecule has 1 nitrogen and oxygen atoms in total. The van der Waals surface area contributed by atoms with Gasteiger partial charge in [-0.1, -0.05) is 32.0 Å². The Balaban J connectivity index is 2.71. The summed E-state index contributed by atoms with van der Waals surface area (Å²) in [5.74, 6) is 0.747. The Morgan fingerprint density at radius 2 is 1.60 bits per heavy atom. The molecule has 1 atom stereocenters. The molecule has 1 unspecified atom stereocenters. The molecule has 0 amide bonds. The molecule has 0 aromatic heterocycles. The van der Waals surface area contributed by atoms with Crippen molar-refractivity contribution in [3.05, 3.63) is 29.3 Å². The maximum atomic E-state index is 3.61. The topological polar surface area (TPSA) is 12.0 Å². The number of para-hydroxylation sites is 1. The van der Waals surface area contributed by atoms with E-state index in [0.717, 1.165) is 5.92 Å². The summed E-state index contributed by atoms with van der Waals surface area (Å²) in [4.78, 5) is 0. The van der Waals surface area contributed by atoms with E-state index in [2.05, 4.69) is 58.1 Å². The van der Waals surface area contributed by atoms with E-state index in [0.29, 0.717) is 6.04 Å². The van der Waals surface area contributed by atoms with Crippen molar-refractivity contribution in [2.45, 2.75) is 47.1 Å². The normalized spacial score (nSPS) is 12.9. The van der Waals surface area contributed by atoms with Crippen molar-refractivity contribution in [2.75, 3.05) is 5.32 Å². The Kier molecular flexibility index (Phi) is 4.19. The van der Waals surface area contributed by atoms with E-state index in [1.807, 2.05) is 0 Å². The minimum Gasteiger partial charge on any atom is -0.382 e. The number of hydrogen-bond acceptors (Lipinski definition) is 1. The molecule has 1 aromatic rings. The number of rotatable bonds is 4. The van der Waals surface area contributed by atoms with Crippen LogP contribution in [0.2, 0.25) is 0 Å². The molecule has 1 rings (SSSR count). The highest BCUT2D eigenvalue weighted by Crippen LogP contribution is 2.21. The fraction of sp³-hybridized carbons (Fsp3) is 0.571. The first-order chi connectivity index (χ1) is 7.00. The lowest BCUT2D eigenvalue weighted by Gasteiger charge is -2.20. The number of benzene rings is 1. The second-order valence-electron chi connectivity index (χ2n) is 4.94. The number of anilines is 1. The first-order valence-electron chi connectivity index (χ1n) is 5.83. The average Bonchev–Trinajstić information content (AvgIpc) is 2.10. The summed E-state index contributed by atoms with van der Waals surface area (Å²) in [6, 6.07) is 6.99. The summed E-state index contributed by atoms with van der Waals surface area (Å²) in [6.45, 7) is 11.1. The van der Waals surface area contributed by atoms with E-state index < -0.39 is 0 Å². The zero-order valence-corrected chi connectivity index (χ0v) is 10.6. The molecule has 0 aliphatic carbocycles. The summed E-state index contributed by atoms with van der Waals surface area (Å²) < 4.78 is 0. The third-order valence-corrected chi connectivity index (χ3v) is 2.70. The van der Waals surface area contributed by atoms with Crippen LogP contribution in [0, 0.1) is 19.8 Å². The van der Waals surface area contributed by atoms with Crippen molar-refractivity contribution in [3.63, 3.8) is 0 Å². The van der Waals surface area contributed by atoms with Gasteiger partial charge < -0.3 is 5.32 Å². The molecular weight excluding hydrogens is 182 g/mol. The van der Waals surface area contributed by atoms with Gasteiger partial charge in [-0.2, -0.15) is 0 Å². The Hall–Kier alpha value is -0.980. The molecule has 0 fully saturated rings. The highest BCUT2D eigenvalue weighted by molar-refractivity contribution is 5.57. The fourth-order valence-corrected chi connectivity index (χ4v) is 2.05. The second-order valence-corrected chi connectivity index (χ2v) is 4.94. The van der Waals surface area contributed by atoms with Crippen LogP contribution in [0.25, 0.3) is 0 Å². The number of hydrogen-bond donors (Lipinski definition) is 1. The highest BCUT2D eigenvalue weighted by Gasteiger charge is 2.07. The minimum absolute atomic E-state index is 0.546. The van der Waals surface area contributed by atoms with Crippen LogP contribution >= 0.6 is 0 Å². The van der Waals surface area contributed by atoms with Gasteiger partial charge in [0.15, 0.2) is 0 Å². The second kappa shape index (κ2) is 5.20. The van der Waals surface area contributed by atoms with E-state index in [1.54, 1.807) is 0 Å². The van der Waals surface area contributed by atoms with Gasteiger partial charge in [-0.3, -0.25) is 0 Å².